The third-order valence-electron chi connectivity index (χ3n) is 2.17. The predicted octanol–water partition coefficient (Wildman–Crippen LogP) is 3.04. The number of carbonyl (C=O) groups excluding carboxylic acids is 1. The third-order valence-corrected chi connectivity index (χ3v) is 4.16. The van der Waals surface area contributed by atoms with Crippen molar-refractivity contribution in [1.82, 2.24) is 5.32 Å². The van der Waals surface area contributed by atoms with Gasteiger partial charge in [-0.2, -0.15) is 0 Å². The molecule has 0 aliphatic carbocycles. The number of nitrogen functional groups attached to an aromatic ring is 1. The molecule has 0 heterocycles. The maximum atomic E-state index is 11.5. The van der Waals surface area contributed by atoms with Crippen molar-refractivity contribution in [2.45, 2.75) is 24.7 Å². The first kappa shape index (κ1) is 14.4. The zero-order valence-corrected chi connectivity index (χ0v) is 12.2. The Kier molecular flexibility index (Phi) is 6.44. The molecular weight excluding hydrogens is 300 g/mol. The van der Waals surface area contributed by atoms with Gasteiger partial charge in [-0.05, 0) is 40.5 Å². The first-order valence-electron chi connectivity index (χ1n) is 5.58. The molecule has 1 rings (SSSR count). The maximum Gasteiger partial charge on any atom is 0.230 e. The van der Waals surface area contributed by atoms with Gasteiger partial charge in [-0.25, -0.2) is 0 Å². The molecule has 0 fully saturated rings. The number of hydrogen-bond acceptors (Lipinski definition) is 3. The highest BCUT2D eigenvalue weighted by atomic mass is 79.9. The SMILES string of the molecule is CCCCNC(=O)CSc1ccc(N)cc1Br. The minimum Gasteiger partial charge on any atom is -0.399 e. The standard InChI is InChI=1S/C12H17BrN2OS/c1-2-3-6-15-12(16)8-17-11-5-4-9(14)7-10(11)13/h4-5,7H,2-3,6,8,14H2,1H3,(H,15,16). The second-order valence-electron chi connectivity index (χ2n) is 3.68. The van der Waals surface area contributed by atoms with E-state index in [-0.39, 0.29) is 5.91 Å². The normalized spacial score (nSPS) is 10.2. The van der Waals surface area contributed by atoms with Crippen LogP contribution >= 0.6 is 27.7 Å². The van der Waals surface area contributed by atoms with Gasteiger partial charge in [-0.15, -0.1) is 11.8 Å². The van der Waals surface area contributed by atoms with Gasteiger partial charge in [0.1, 0.15) is 0 Å². The van der Waals surface area contributed by atoms with Gasteiger partial charge in [0, 0.05) is 21.6 Å². The molecule has 0 spiro atoms. The number of benzene rings is 1. The van der Waals surface area contributed by atoms with Crippen LogP contribution in [0.3, 0.4) is 0 Å². The van der Waals surface area contributed by atoms with Gasteiger partial charge in [0.25, 0.3) is 0 Å². The van der Waals surface area contributed by atoms with Crippen LogP contribution in [0.5, 0.6) is 0 Å². The van der Waals surface area contributed by atoms with E-state index in [1.165, 1.54) is 11.8 Å². The molecule has 0 saturated heterocycles. The number of hydrogen-bond donors (Lipinski definition) is 2. The summed E-state index contributed by atoms with van der Waals surface area (Å²) in [5.74, 6) is 0.513. The zero-order chi connectivity index (χ0) is 12.7. The van der Waals surface area contributed by atoms with Gasteiger partial charge < -0.3 is 11.1 Å². The Morgan fingerprint density at radius 2 is 2.29 bits per heavy atom. The van der Waals surface area contributed by atoms with E-state index in [1.807, 2.05) is 18.2 Å². The molecule has 1 aromatic rings. The quantitative estimate of drug-likeness (QED) is 0.482. The van der Waals surface area contributed by atoms with Crippen molar-refractivity contribution in [1.29, 1.82) is 0 Å². The molecule has 3 nitrogen and oxygen atoms in total. The van der Waals surface area contributed by atoms with E-state index in [0.29, 0.717) is 11.4 Å². The predicted molar refractivity (Wildman–Crippen MR) is 77.2 cm³/mol. The van der Waals surface area contributed by atoms with Crippen LogP contribution in [0.4, 0.5) is 5.69 Å². The highest BCUT2D eigenvalue weighted by Gasteiger charge is 2.05. The Bertz CT molecular complexity index is 385. The summed E-state index contributed by atoms with van der Waals surface area (Å²) in [5.41, 5.74) is 6.36. The lowest BCUT2D eigenvalue weighted by Crippen LogP contribution is -2.25. The summed E-state index contributed by atoms with van der Waals surface area (Å²) in [6.07, 6.45) is 2.12. The van der Waals surface area contributed by atoms with E-state index in [9.17, 15) is 4.79 Å². The van der Waals surface area contributed by atoms with Crippen LogP contribution in [0.1, 0.15) is 19.8 Å². The van der Waals surface area contributed by atoms with Crippen LogP contribution in [0.2, 0.25) is 0 Å². The van der Waals surface area contributed by atoms with Crippen molar-refractivity contribution in [3.8, 4) is 0 Å². The van der Waals surface area contributed by atoms with Crippen LogP contribution in [-0.2, 0) is 4.79 Å². The second-order valence-corrected chi connectivity index (χ2v) is 5.55. The van der Waals surface area contributed by atoms with Gasteiger partial charge in [0.2, 0.25) is 5.91 Å². The molecule has 1 amide bonds. The molecule has 3 N–H and O–H groups in total. The summed E-state index contributed by atoms with van der Waals surface area (Å²) in [7, 11) is 0. The van der Waals surface area contributed by atoms with E-state index in [2.05, 4.69) is 28.2 Å². The Balaban J connectivity index is 2.37. The maximum absolute atomic E-state index is 11.5. The van der Waals surface area contributed by atoms with Crippen molar-refractivity contribution in [2.24, 2.45) is 0 Å². The fourth-order valence-electron chi connectivity index (χ4n) is 1.23. The van der Waals surface area contributed by atoms with Crippen molar-refractivity contribution in [3.63, 3.8) is 0 Å². The van der Waals surface area contributed by atoms with E-state index in [0.717, 1.165) is 28.8 Å². The van der Waals surface area contributed by atoms with Crippen LogP contribution in [-0.4, -0.2) is 18.2 Å². The van der Waals surface area contributed by atoms with Gasteiger partial charge in [0.05, 0.1) is 5.75 Å². The average molecular weight is 317 g/mol. The van der Waals surface area contributed by atoms with E-state index in [4.69, 9.17) is 5.73 Å². The Morgan fingerprint density at radius 3 is 2.94 bits per heavy atom. The average Bonchev–Trinajstić information content (AvgIpc) is 2.28. The fourth-order valence-corrected chi connectivity index (χ4v) is 2.72. The molecular formula is C12H17BrN2OS. The zero-order valence-electron chi connectivity index (χ0n) is 9.83. The van der Waals surface area contributed by atoms with E-state index < -0.39 is 0 Å². The highest BCUT2D eigenvalue weighted by molar-refractivity contribution is 9.10. The van der Waals surface area contributed by atoms with E-state index >= 15 is 0 Å². The Morgan fingerprint density at radius 1 is 1.53 bits per heavy atom. The van der Waals surface area contributed by atoms with Crippen molar-refractivity contribution in [2.75, 3.05) is 18.0 Å². The van der Waals surface area contributed by atoms with Crippen LogP contribution < -0.4 is 11.1 Å². The van der Waals surface area contributed by atoms with Gasteiger partial charge >= 0.3 is 0 Å². The molecule has 0 bridgehead atoms. The number of unbranched alkanes of at least 4 members (excludes halogenated alkanes) is 1. The molecule has 17 heavy (non-hydrogen) atoms. The van der Waals surface area contributed by atoms with Crippen LogP contribution in [0, 0.1) is 0 Å². The molecule has 0 radical (unpaired) electrons. The van der Waals surface area contributed by atoms with Gasteiger partial charge in [-0.3, -0.25) is 4.79 Å². The number of nitrogens with one attached hydrogen (secondary N) is 1. The summed E-state index contributed by atoms with van der Waals surface area (Å²) in [6, 6.07) is 5.60. The Hall–Kier alpha value is -0.680. The smallest absolute Gasteiger partial charge is 0.230 e. The van der Waals surface area contributed by atoms with Gasteiger partial charge in [-0.1, -0.05) is 13.3 Å². The summed E-state index contributed by atoms with van der Waals surface area (Å²) in [4.78, 5) is 12.5. The third kappa shape index (κ3) is 5.46. The highest BCUT2D eigenvalue weighted by Crippen LogP contribution is 2.28. The molecule has 0 aliphatic rings. The number of thioether (sulfide) groups is 1. The molecule has 1 aromatic carbocycles. The summed E-state index contributed by atoms with van der Waals surface area (Å²) < 4.78 is 0.934. The lowest BCUT2D eigenvalue weighted by molar-refractivity contribution is -0.118. The van der Waals surface area contributed by atoms with Crippen molar-refractivity contribution < 1.29 is 4.79 Å². The number of nitrogens with two attached hydrogens (primary N) is 1. The number of anilines is 1. The van der Waals surface area contributed by atoms with Gasteiger partial charge in [0.15, 0.2) is 0 Å². The molecule has 0 aliphatic heterocycles. The van der Waals surface area contributed by atoms with Crippen LogP contribution in [0.15, 0.2) is 27.6 Å². The van der Waals surface area contributed by atoms with Crippen molar-refractivity contribution in [3.05, 3.63) is 22.7 Å². The summed E-state index contributed by atoms with van der Waals surface area (Å²) >= 11 is 4.94. The molecule has 0 saturated carbocycles. The second kappa shape index (κ2) is 7.61. The number of halogens is 1. The van der Waals surface area contributed by atoms with Crippen LogP contribution in [0.25, 0.3) is 0 Å². The molecule has 0 aromatic heterocycles. The molecule has 5 heteroatoms. The number of amides is 1. The summed E-state index contributed by atoms with van der Waals surface area (Å²) in [5, 5.41) is 2.88. The molecule has 94 valence electrons. The number of carbonyl (C=O) groups is 1. The monoisotopic (exact) mass is 316 g/mol. The topological polar surface area (TPSA) is 55.1 Å². The van der Waals surface area contributed by atoms with E-state index in [1.54, 1.807) is 0 Å². The first-order valence-corrected chi connectivity index (χ1v) is 7.36. The Labute approximate surface area is 115 Å². The number of rotatable bonds is 6. The minimum atomic E-state index is 0.0761. The summed E-state index contributed by atoms with van der Waals surface area (Å²) in [6.45, 7) is 2.87. The minimum absolute atomic E-state index is 0.0761. The fraction of sp³-hybridized carbons (Fsp3) is 0.417. The van der Waals surface area contributed by atoms with Crippen molar-refractivity contribution >= 4 is 39.3 Å². The largest absolute Gasteiger partial charge is 0.399 e. The first-order chi connectivity index (χ1) is 8.13. The lowest BCUT2D eigenvalue weighted by Gasteiger charge is -2.06. The molecule has 0 atom stereocenters. The molecule has 0 unspecified atom stereocenters. The lowest BCUT2D eigenvalue weighted by atomic mass is 10.3.